The van der Waals surface area contributed by atoms with E-state index in [-0.39, 0.29) is 5.41 Å². The lowest BCUT2D eigenvalue weighted by Gasteiger charge is -2.11. The predicted octanol–water partition coefficient (Wildman–Crippen LogP) is 4.18. The van der Waals surface area contributed by atoms with E-state index in [2.05, 4.69) is 32.9 Å². The molecule has 0 saturated heterocycles. The zero-order chi connectivity index (χ0) is 11.8. The Balaban J connectivity index is 2.16. The summed E-state index contributed by atoms with van der Waals surface area (Å²) >= 11 is 0. The highest BCUT2D eigenvalue weighted by Gasteiger charge is 2.44. The average Bonchev–Trinajstić information content (AvgIpc) is 3.07. The molecule has 0 heterocycles. The minimum atomic E-state index is -0.0438. The highest BCUT2D eigenvalue weighted by Crippen LogP contribution is 2.47. The molecule has 0 aromatic heterocycles. The average molecular weight is 216 g/mol. The molecular formula is C15H20O. The third-order valence-corrected chi connectivity index (χ3v) is 3.90. The second-order valence-corrected chi connectivity index (χ2v) is 5.32. The standard InChI is InChI=1S/C15H20O/c1-4-11(2)12-5-7-13(8-6-12)14(16)15(3)9-10-15/h5-8,11H,4,9-10H2,1-3H3. The molecule has 0 N–H and O–H groups in total. The van der Waals surface area contributed by atoms with Gasteiger partial charge < -0.3 is 0 Å². The van der Waals surface area contributed by atoms with Gasteiger partial charge in [-0.2, -0.15) is 0 Å². The number of carbonyl (C=O) groups excluding carboxylic acids is 1. The number of carbonyl (C=O) groups is 1. The number of rotatable bonds is 4. The van der Waals surface area contributed by atoms with Gasteiger partial charge in [0.15, 0.2) is 5.78 Å². The van der Waals surface area contributed by atoms with Gasteiger partial charge >= 0.3 is 0 Å². The van der Waals surface area contributed by atoms with E-state index in [1.807, 2.05) is 12.1 Å². The van der Waals surface area contributed by atoms with E-state index in [0.717, 1.165) is 24.8 Å². The molecule has 0 radical (unpaired) electrons. The molecule has 1 saturated carbocycles. The van der Waals surface area contributed by atoms with E-state index in [4.69, 9.17) is 0 Å². The quantitative estimate of drug-likeness (QED) is 0.690. The summed E-state index contributed by atoms with van der Waals surface area (Å²) in [5, 5.41) is 0. The maximum atomic E-state index is 12.1. The normalized spacial score (nSPS) is 19.2. The fraction of sp³-hybridized carbons (Fsp3) is 0.533. The van der Waals surface area contributed by atoms with Crippen LogP contribution in [-0.4, -0.2) is 5.78 Å². The lowest BCUT2D eigenvalue weighted by atomic mass is 9.93. The summed E-state index contributed by atoms with van der Waals surface area (Å²) in [5.74, 6) is 0.906. The number of ketones is 1. The fourth-order valence-corrected chi connectivity index (χ4v) is 1.96. The van der Waals surface area contributed by atoms with Crippen molar-refractivity contribution < 1.29 is 4.79 Å². The summed E-state index contributed by atoms with van der Waals surface area (Å²) in [5.41, 5.74) is 2.17. The molecule has 1 fully saturated rings. The number of hydrogen-bond acceptors (Lipinski definition) is 1. The molecule has 1 aliphatic carbocycles. The van der Waals surface area contributed by atoms with Crippen LogP contribution in [0.4, 0.5) is 0 Å². The second kappa shape index (κ2) is 4.04. The Kier molecular flexibility index (Phi) is 2.88. The van der Waals surface area contributed by atoms with Crippen molar-refractivity contribution in [3.63, 3.8) is 0 Å². The van der Waals surface area contributed by atoms with Gasteiger partial charge in [-0.15, -0.1) is 0 Å². The lowest BCUT2D eigenvalue weighted by Crippen LogP contribution is -2.11. The van der Waals surface area contributed by atoms with Gasteiger partial charge in [0.2, 0.25) is 0 Å². The van der Waals surface area contributed by atoms with Crippen LogP contribution in [0.25, 0.3) is 0 Å². The molecule has 86 valence electrons. The molecule has 1 nitrogen and oxygen atoms in total. The molecule has 1 aliphatic rings. The summed E-state index contributed by atoms with van der Waals surface area (Å²) in [7, 11) is 0. The molecule has 16 heavy (non-hydrogen) atoms. The fourth-order valence-electron chi connectivity index (χ4n) is 1.96. The van der Waals surface area contributed by atoms with Crippen LogP contribution in [0.5, 0.6) is 0 Å². The first kappa shape index (κ1) is 11.4. The van der Waals surface area contributed by atoms with Gasteiger partial charge in [-0.3, -0.25) is 4.79 Å². The molecule has 2 rings (SSSR count). The number of benzene rings is 1. The Morgan fingerprint density at radius 1 is 1.31 bits per heavy atom. The predicted molar refractivity (Wildman–Crippen MR) is 66.8 cm³/mol. The van der Waals surface area contributed by atoms with Crippen LogP contribution in [0, 0.1) is 5.41 Å². The largest absolute Gasteiger partial charge is 0.294 e. The summed E-state index contributed by atoms with van der Waals surface area (Å²) < 4.78 is 0. The van der Waals surface area contributed by atoms with Gasteiger partial charge in [0.25, 0.3) is 0 Å². The van der Waals surface area contributed by atoms with Crippen molar-refractivity contribution >= 4 is 5.78 Å². The molecule has 1 atom stereocenters. The first-order chi connectivity index (χ1) is 7.57. The van der Waals surface area contributed by atoms with Crippen molar-refractivity contribution in [3.05, 3.63) is 35.4 Å². The van der Waals surface area contributed by atoms with Crippen LogP contribution >= 0.6 is 0 Å². The summed E-state index contributed by atoms with van der Waals surface area (Å²) in [6, 6.07) is 8.20. The third-order valence-electron chi connectivity index (χ3n) is 3.90. The van der Waals surface area contributed by atoms with Crippen molar-refractivity contribution in [2.45, 2.75) is 46.0 Å². The first-order valence-corrected chi connectivity index (χ1v) is 6.21. The first-order valence-electron chi connectivity index (χ1n) is 6.21. The van der Waals surface area contributed by atoms with E-state index in [9.17, 15) is 4.79 Å². The van der Waals surface area contributed by atoms with Crippen molar-refractivity contribution in [3.8, 4) is 0 Å². The van der Waals surface area contributed by atoms with Crippen molar-refractivity contribution in [1.82, 2.24) is 0 Å². The topological polar surface area (TPSA) is 17.1 Å². The van der Waals surface area contributed by atoms with Crippen LogP contribution in [0.3, 0.4) is 0 Å². The van der Waals surface area contributed by atoms with Crippen LogP contribution in [0.1, 0.15) is 61.9 Å². The highest BCUT2D eigenvalue weighted by atomic mass is 16.1. The third kappa shape index (κ3) is 2.04. The van der Waals surface area contributed by atoms with Crippen LogP contribution < -0.4 is 0 Å². The molecule has 1 aromatic carbocycles. The molecule has 0 spiro atoms. The lowest BCUT2D eigenvalue weighted by molar-refractivity contribution is 0.0912. The number of hydrogen-bond donors (Lipinski definition) is 0. The summed E-state index contributed by atoms with van der Waals surface area (Å²) in [6.45, 7) is 6.48. The van der Waals surface area contributed by atoms with E-state index >= 15 is 0 Å². The number of Topliss-reactive ketones (excluding diaryl/α,β-unsaturated/α-hetero) is 1. The molecule has 1 aromatic rings. The van der Waals surface area contributed by atoms with E-state index in [1.165, 1.54) is 5.56 Å². The summed E-state index contributed by atoms with van der Waals surface area (Å²) in [4.78, 5) is 12.1. The molecule has 0 bridgehead atoms. The van der Waals surface area contributed by atoms with Gasteiger partial charge in [0, 0.05) is 11.0 Å². The van der Waals surface area contributed by atoms with Gasteiger partial charge in [-0.05, 0) is 30.7 Å². The minimum absolute atomic E-state index is 0.0438. The molecule has 0 aliphatic heterocycles. The molecule has 0 amide bonds. The maximum absolute atomic E-state index is 12.1. The Morgan fingerprint density at radius 2 is 1.88 bits per heavy atom. The summed E-state index contributed by atoms with van der Waals surface area (Å²) in [6.07, 6.45) is 3.25. The van der Waals surface area contributed by atoms with Crippen molar-refractivity contribution in [2.24, 2.45) is 5.41 Å². The van der Waals surface area contributed by atoms with Gasteiger partial charge in [0.05, 0.1) is 0 Å². The van der Waals surface area contributed by atoms with Gasteiger partial charge in [-0.1, -0.05) is 45.0 Å². The minimum Gasteiger partial charge on any atom is -0.294 e. The Bertz CT molecular complexity index is 384. The molecule has 1 heteroatoms. The van der Waals surface area contributed by atoms with Crippen molar-refractivity contribution in [1.29, 1.82) is 0 Å². The highest BCUT2D eigenvalue weighted by molar-refractivity contribution is 6.01. The SMILES string of the molecule is CCC(C)c1ccc(C(=O)C2(C)CC2)cc1. The Labute approximate surface area is 97.9 Å². The van der Waals surface area contributed by atoms with Gasteiger partial charge in [-0.25, -0.2) is 0 Å². The smallest absolute Gasteiger partial charge is 0.168 e. The maximum Gasteiger partial charge on any atom is 0.168 e. The van der Waals surface area contributed by atoms with Crippen LogP contribution in [0.15, 0.2) is 24.3 Å². The molecular weight excluding hydrogens is 196 g/mol. The Hall–Kier alpha value is -1.11. The van der Waals surface area contributed by atoms with Crippen LogP contribution in [-0.2, 0) is 0 Å². The second-order valence-electron chi connectivity index (χ2n) is 5.32. The van der Waals surface area contributed by atoms with Gasteiger partial charge in [0.1, 0.15) is 0 Å². The van der Waals surface area contributed by atoms with E-state index in [1.54, 1.807) is 0 Å². The zero-order valence-electron chi connectivity index (χ0n) is 10.4. The van der Waals surface area contributed by atoms with E-state index < -0.39 is 0 Å². The zero-order valence-corrected chi connectivity index (χ0v) is 10.4. The van der Waals surface area contributed by atoms with Crippen LogP contribution in [0.2, 0.25) is 0 Å². The van der Waals surface area contributed by atoms with Crippen molar-refractivity contribution in [2.75, 3.05) is 0 Å². The monoisotopic (exact) mass is 216 g/mol. The van der Waals surface area contributed by atoms with E-state index in [0.29, 0.717) is 11.7 Å². The molecule has 1 unspecified atom stereocenters. The Morgan fingerprint density at radius 3 is 2.31 bits per heavy atom.